The molecule has 1 aromatic carbocycles. The van der Waals surface area contributed by atoms with E-state index in [0.717, 1.165) is 9.64 Å². The molecule has 0 amide bonds. The first kappa shape index (κ1) is 12.7. The minimum absolute atomic E-state index is 0.351. The van der Waals surface area contributed by atoms with E-state index in [1.807, 2.05) is 0 Å². The Morgan fingerprint density at radius 2 is 1.94 bits per heavy atom. The Morgan fingerprint density at radius 3 is 2.56 bits per heavy atom. The highest BCUT2D eigenvalue weighted by molar-refractivity contribution is 14.1. The molecule has 0 atom stereocenters. The highest BCUT2D eigenvalue weighted by atomic mass is 127. The van der Waals surface area contributed by atoms with Gasteiger partial charge < -0.3 is 9.84 Å². The van der Waals surface area contributed by atoms with Crippen LogP contribution in [-0.4, -0.2) is 16.1 Å². The van der Waals surface area contributed by atoms with Crippen molar-refractivity contribution in [3.05, 3.63) is 51.5 Å². The largest absolute Gasteiger partial charge is 0.478 e. The average Bonchev–Trinajstić information content (AvgIpc) is 2.34. The predicted octanol–water partition coefficient (Wildman–Crippen LogP) is 3.32. The lowest BCUT2D eigenvalue weighted by molar-refractivity contribution is 0.0690. The Bertz CT molecular complexity index is 586. The first-order chi connectivity index (χ1) is 8.58. The number of carboxylic acids is 1. The molecule has 1 aromatic heterocycles. The molecule has 4 nitrogen and oxygen atoms in total. The van der Waals surface area contributed by atoms with Crippen LogP contribution in [0.15, 0.2) is 36.5 Å². The van der Waals surface area contributed by atoms with Gasteiger partial charge >= 0.3 is 5.97 Å². The smallest absolute Gasteiger partial charge is 0.338 e. The van der Waals surface area contributed by atoms with Crippen molar-refractivity contribution < 1.29 is 19.0 Å². The van der Waals surface area contributed by atoms with E-state index in [1.54, 1.807) is 24.3 Å². The van der Waals surface area contributed by atoms with Gasteiger partial charge in [0.2, 0.25) is 0 Å². The number of aromatic nitrogens is 1. The summed E-state index contributed by atoms with van der Waals surface area (Å²) in [5.74, 6) is -2.30. The van der Waals surface area contributed by atoms with Crippen molar-refractivity contribution in [3.8, 4) is 11.6 Å². The SMILES string of the molecule is O=C(O)c1ccnc(Oc2ccc(I)cc2)c1F. The molecule has 2 aromatic rings. The lowest BCUT2D eigenvalue weighted by atomic mass is 10.2. The Kier molecular flexibility index (Phi) is 3.75. The third-order valence-corrected chi connectivity index (χ3v) is 2.83. The number of halogens is 2. The van der Waals surface area contributed by atoms with Crippen LogP contribution in [0.25, 0.3) is 0 Å². The second kappa shape index (κ2) is 5.30. The number of hydrogen-bond acceptors (Lipinski definition) is 3. The van der Waals surface area contributed by atoms with E-state index in [4.69, 9.17) is 9.84 Å². The number of aromatic carboxylic acids is 1. The van der Waals surface area contributed by atoms with Crippen molar-refractivity contribution in [2.45, 2.75) is 0 Å². The van der Waals surface area contributed by atoms with E-state index >= 15 is 0 Å². The number of nitrogens with zero attached hydrogens (tertiary/aromatic N) is 1. The molecule has 6 heteroatoms. The Hall–Kier alpha value is -1.70. The van der Waals surface area contributed by atoms with Crippen LogP contribution in [-0.2, 0) is 0 Å². The van der Waals surface area contributed by atoms with E-state index in [2.05, 4.69) is 27.6 Å². The summed E-state index contributed by atoms with van der Waals surface area (Å²) in [6, 6.07) is 7.95. The number of carbonyl (C=O) groups is 1. The maximum absolute atomic E-state index is 13.7. The van der Waals surface area contributed by atoms with Gasteiger partial charge in [-0.3, -0.25) is 0 Å². The minimum atomic E-state index is -1.36. The fourth-order valence-electron chi connectivity index (χ4n) is 1.28. The Labute approximate surface area is 116 Å². The highest BCUT2D eigenvalue weighted by Gasteiger charge is 2.16. The zero-order valence-electron chi connectivity index (χ0n) is 8.93. The molecule has 1 N–H and O–H groups in total. The van der Waals surface area contributed by atoms with Gasteiger partial charge in [0.15, 0.2) is 5.82 Å². The first-order valence-electron chi connectivity index (χ1n) is 4.89. The zero-order chi connectivity index (χ0) is 13.1. The van der Waals surface area contributed by atoms with Gasteiger partial charge in [0, 0.05) is 9.77 Å². The van der Waals surface area contributed by atoms with E-state index in [9.17, 15) is 9.18 Å². The van der Waals surface area contributed by atoms with Crippen LogP contribution in [0.4, 0.5) is 4.39 Å². The standard InChI is InChI=1S/C12H7FINO3/c13-10-9(12(16)17)5-6-15-11(10)18-8-3-1-7(14)2-4-8/h1-6H,(H,16,17). The summed E-state index contributed by atoms with van der Waals surface area (Å²) in [5, 5.41) is 8.77. The van der Waals surface area contributed by atoms with Crippen LogP contribution >= 0.6 is 22.6 Å². The molecule has 92 valence electrons. The third-order valence-electron chi connectivity index (χ3n) is 2.12. The van der Waals surface area contributed by atoms with Crippen molar-refractivity contribution in [2.75, 3.05) is 0 Å². The highest BCUT2D eigenvalue weighted by Crippen LogP contribution is 2.24. The van der Waals surface area contributed by atoms with Crippen LogP contribution in [0, 0.1) is 9.39 Å². The molecule has 0 radical (unpaired) electrons. The van der Waals surface area contributed by atoms with E-state index in [1.165, 1.54) is 6.20 Å². The lowest BCUT2D eigenvalue weighted by Crippen LogP contribution is -2.03. The van der Waals surface area contributed by atoms with Gasteiger partial charge in [0.1, 0.15) is 11.3 Å². The summed E-state index contributed by atoms with van der Waals surface area (Å²) >= 11 is 2.13. The fraction of sp³-hybridized carbons (Fsp3) is 0. The number of ether oxygens (including phenoxy) is 1. The molecule has 18 heavy (non-hydrogen) atoms. The molecule has 0 saturated heterocycles. The summed E-state index contributed by atoms with van der Waals surface area (Å²) in [6.45, 7) is 0. The molecule has 0 spiro atoms. The van der Waals surface area contributed by atoms with Gasteiger partial charge in [0.25, 0.3) is 5.88 Å². The maximum Gasteiger partial charge on any atom is 0.338 e. The van der Waals surface area contributed by atoms with E-state index in [0.29, 0.717) is 5.75 Å². The zero-order valence-corrected chi connectivity index (χ0v) is 11.1. The first-order valence-corrected chi connectivity index (χ1v) is 5.97. The van der Waals surface area contributed by atoms with Crippen LogP contribution in [0.1, 0.15) is 10.4 Å². The quantitative estimate of drug-likeness (QED) is 0.855. The minimum Gasteiger partial charge on any atom is -0.478 e. The molecule has 0 aliphatic heterocycles. The van der Waals surface area contributed by atoms with Gasteiger partial charge in [-0.05, 0) is 52.9 Å². The summed E-state index contributed by atoms with van der Waals surface area (Å²) in [7, 11) is 0. The maximum atomic E-state index is 13.7. The summed E-state index contributed by atoms with van der Waals surface area (Å²) in [6.07, 6.45) is 1.19. The normalized spacial score (nSPS) is 10.1. The molecular weight excluding hydrogens is 352 g/mol. The Morgan fingerprint density at radius 1 is 1.28 bits per heavy atom. The number of carboxylic acid groups (broad SMARTS) is 1. The molecule has 0 unspecified atom stereocenters. The van der Waals surface area contributed by atoms with Crippen molar-refractivity contribution in [1.29, 1.82) is 0 Å². The second-order valence-electron chi connectivity index (χ2n) is 3.34. The van der Waals surface area contributed by atoms with Crippen molar-refractivity contribution >= 4 is 28.6 Å². The monoisotopic (exact) mass is 359 g/mol. The van der Waals surface area contributed by atoms with E-state index < -0.39 is 17.3 Å². The van der Waals surface area contributed by atoms with E-state index in [-0.39, 0.29) is 5.88 Å². The summed E-state index contributed by atoms with van der Waals surface area (Å²) in [5.41, 5.74) is -0.467. The molecule has 0 aliphatic carbocycles. The molecule has 0 fully saturated rings. The number of rotatable bonds is 3. The second-order valence-corrected chi connectivity index (χ2v) is 4.58. The molecule has 0 saturated carbocycles. The topological polar surface area (TPSA) is 59.4 Å². The van der Waals surface area contributed by atoms with Crippen LogP contribution in [0.5, 0.6) is 11.6 Å². The van der Waals surface area contributed by atoms with Crippen molar-refractivity contribution in [2.24, 2.45) is 0 Å². The van der Waals surface area contributed by atoms with Crippen LogP contribution in [0.2, 0.25) is 0 Å². The fourth-order valence-corrected chi connectivity index (χ4v) is 1.63. The number of pyridine rings is 1. The van der Waals surface area contributed by atoms with Crippen LogP contribution in [0.3, 0.4) is 0 Å². The van der Waals surface area contributed by atoms with Gasteiger partial charge in [0.05, 0.1) is 0 Å². The molecule has 0 aliphatic rings. The average molecular weight is 359 g/mol. The Balaban J connectivity index is 2.32. The van der Waals surface area contributed by atoms with Crippen LogP contribution < -0.4 is 4.74 Å². The number of benzene rings is 1. The van der Waals surface area contributed by atoms with Gasteiger partial charge in [-0.25, -0.2) is 14.2 Å². The van der Waals surface area contributed by atoms with Crippen molar-refractivity contribution in [3.63, 3.8) is 0 Å². The lowest BCUT2D eigenvalue weighted by Gasteiger charge is -2.06. The van der Waals surface area contributed by atoms with Crippen molar-refractivity contribution in [1.82, 2.24) is 4.98 Å². The predicted molar refractivity (Wildman–Crippen MR) is 70.4 cm³/mol. The molecule has 1 heterocycles. The van der Waals surface area contributed by atoms with Gasteiger partial charge in [-0.2, -0.15) is 0 Å². The van der Waals surface area contributed by atoms with Gasteiger partial charge in [-0.1, -0.05) is 0 Å². The summed E-state index contributed by atoms with van der Waals surface area (Å²) in [4.78, 5) is 14.4. The molecular formula is C12H7FINO3. The van der Waals surface area contributed by atoms with Gasteiger partial charge in [-0.15, -0.1) is 0 Å². The summed E-state index contributed by atoms with van der Waals surface area (Å²) < 4.78 is 19.9. The number of hydrogen-bond donors (Lipinski definition) is 1. The third kappa shape index (κ3) is 2.76. The molecule has 0 bridgehead atoms. The molecule has 2 rings (SSSR count).